The molecule has 0 radical (unpaired) electrons. The van der Waals surface area contributed by atoms with Crippen molar-refractivity contribution in [2.45, 2.75) is 39.1 Å². The number of aldehydes is 1. The third kappa shape index (κ3) is 8.51. The van der Waals surface area contributed by atoms with Crippen LogP contribution in [0.25, 0.3) is 0 Å². The van der Waals surface area contributed by atoms with Crippen LogP contribution in [-0.4, -0.2) is 47.9 Å². The number of amides is 1. The lowest BCUT2D eigenvalue weighted by Crippen LogP contribution is -2.26. The fourth-order valence-corrected chi connectivity index (χ4v) is 5.25. The van der Waals surface area contributed by atoms with E-state index >= 15 is 0 Å². The number of nitrogens with one attached hydrogen (secondary N) is 1. The van der Waals surface area contributed by atoms with Gasteiger partial charge in [-0.25, -0.2) is 0 Å². The van der Waals surface area contributed by atoms with Crippen LogP contribution in [0.3, 0.4) is 0 Å². The van der Waals surface area contributed by atoms with Gasteiger partial charge in [0, 0.05) is 47.7 Å². The second-order valence-electron chi connectivity index (χ2n) is 9.22. The number of carbonyl (C=O) groups is 2. The number of rotatable bonds is 13. The van der Waals surface area contributed by atoms with E-state index in [4.69, 9.17) is 11.6 Å². The van der Waals surface area contributed by atoms with E-state index in [1.54, 1.807) is 34.6 Å². The Morgan fingerprint density at radius 1 is 1.11 bits per heavy atom. The van der Waals surface area contributed by atoms with Gasteiger partial charge in [-0.1, -0.05) is 48.0 Å². The molecule has 9 heteroatoms. The summed E-state index contributed by atoms with van der Waals surface area (Å²) in [6, 6.07) is 16.5. The number of aliphatic hydroxyl groups excluding tert-OH is 2. The Bertz CT molecular complexity index is 1240. The maximum atomic E-state index is 12.6. The van der Waals surface area contributed by atoms with E-state index in [2.05, 4.69) is 16.3 Å². The average Bonchev–Trinajstić information content (AvgIpc) is 3.29. The summed E-state index contributed by atoms with van der Waals surface area (Å²) in [5, 5.41) is 23.1. The fourth-order valence-electron chi connectivity index (χ4n) is 3.97. The quantitative estimate of drug-likeness (QED) is 0.124. The van der Waals surface area contributed by atoms with E-state index in [1.807, 2.05) is 57.4 Å². The summed E-state index contributed by atoms with van der Waals surface area (Å²) < 4.78 is 0. The number of aliphatic hydroxyl groups is 2. The lowest BCUT2D eigenvalue weighted by molar-refractivity contribution is -0.119. The molecule has 0 aliphatic rings. The molecule has 1 unspecified atom stereocenters. The molecule has 1 heterocycles. The summed E-state index contributed by atoms with van der Waals surface area (Å²) in [7, 11) is 3.83. The zero-order valence-electron chi connectivity index (χ0n) is 21.9. The average molecular weight is 556 g/mol. The Hall–Kier alpha value is -3.01. The molecule has 1 aromatic heterocycles. The standard InChI is InChI=1S/C29H34ClN3O4S/c1-20-27(33(3)16-24(19-35)29(37)31-15-21-6-10-25(30)11-7-21)14-26(38-20)17-32(2)13-12-28(36)23-8-4-22(18-34)5-9-23/h4-11,14,16,19,28,34,36H,12-13,15,17-18H2,1-3H3,(H,31,37)/b24-16+. The zero-order valence-corrected chi connectivity index (χ0v) is 23.4. The van der Waals surface area contributed by atoms with Crippen LogP contribution in [0.5, 0.6) is 0 Å². The first-order chi connectivity index (χ1) is 18.2. The topological polar surface area (TPSA) is 93.1 Å². The summed E-state index contributed by atoms with van der Waals surface area (Å²) in [5.41, 5.74) is 3.50. The van der Waals surface area contributed by atoms with Gasteiger partial charge in [-0.05, 0) is 55.3 Å². The van der Waals surface area contributed by atoms with Crippen molar-refractivity contribution in [3.05, 3.63) is 97.8 Å². The molecule has 3 aromatic rings. The minimum Gasteiger partial charge on any atom is -0.392 e. The summed E-state index contributed by atoms with van der Waals surface area (Å²) in [6.07, 6.45) is 2.12. The van der Waals surface area contributed by atoms with Gasteiger partial charge < -0.3 is 25.3 Å². The van der Waals surface area contributed by atoms with Gasteiger partial charge >= 0.3 is 0 Å². The van der Waals surface area contributed by atoms with Crippen molar-refractivity contribution in [1.29, 1.82) is 0 Å². The van der Waals surface area contributed by atoms with E-state index < -0.39 is 12.0 Å². The fraction of sp³-hybridized carbons (Fsp3) is 0.310. The van der Waals surface area contributed by atoms with Crippen molar-refractivity contribution >= 4 is 40.8 Å². The third-order valence-electron chi connectivity index (χ3n) is 6.17. The molecule has 3 N–H and O–H groups in total. The van der Waals surface area contributed by atoms with Crippen LogP contribution in [0.2, 0.25) is 5.02 Å². The van der Waals surface area contributed by atoms with E-state index in [-0.39, 0.29) is 12.2 Å². The molecule has 3 rings (SSSR count). The molecule has 0 saturated carbocycles. The number of benzene rings is 2. The molecule has 0 fully saturated rings. The van der Waals surface area contributed by atoms with Gasteiger partial charge in [0.05, 0.1) is 24.0 Å². The van der Waals surface area contributed by atoms with Crippen LogP contribution in [0.15, 0.2) is 66.4 Å². The largest absolute Gasteiger partial charge is 0.392 e. The maximum Gasteiger partial charge on any atom is 0.256 e. The number of thiophene rings is 1. The molecule has 202 valence electrons. The van der Waals surface area contributed by atoms with Crippen LogP contribution in [0, 0.1) is 6.92 Å². The highest BCUT2D eigenvalue weighted by molar-refractivity contribution is 7.12. The first-order valence-corrected chi connectivity index (χ1v) is 13.5. The molecule has 7 nitrogen and oxygen atoms in total. The Morgan fingerprint density at radius 3 is 2.39 bits per heavy atom. The molecule has 1 atom stereocenters. The molecule has 0 saturated heterocycles. The molecule has 0 bridgehead atoms. The van der Waals surface area contributed by atoms with Crippen LogP contribution >= 0.6 is 22.9 Å². The van der Waals surface area contributed by atoms with Gasteiger partial charge in [0.2, 0.25) is 0 Å². The first-order valence-electron chi connectivity index (χ1n) is 12.3. The number of carbonyl (C=O) groups excluding carboxylic acids is 2. The van der Waals surface area contributed by atoms with E-state index in [1.165, 1.54) is 0 Å². The SMILES string of the molecule is Cc1sc(CN(C)CCC(O)c2ccc(CO)cc2)cc1N(C)/C=C(\C=O)C(=O)NCc1ccc(Cl)cc1. The van der Waals surface area contributed by atoms with Gasteiger partial charge in [0.25, 0.3) is 5.91 Å². The van der Waals surface area contributed by atoms with Crippen molar-refractivity contribution in [1.82, 2.24) is 10.2 Å². The second-order valence-corrected chi connectivity index (χ2v) is 11.0. The van der Waals surface area contributed by atoms with Gasteiger partial charge in [0.1, 0.15) is 0 Å². The van der Waals surface area contributed by atoms with Crippen molar-refractivity contribution in [2.75, 3.05) is 25.5 Å². The lowest BCUT2D eigenvalue weighted by Gasteiger charge is -2.18. The highest BCUT2D eigenvalue weighted by Crippen LogP contribution is 2.30. The predicted octanol–water partition coefficient (Wildman–Crippen LogP) is 4.59. The first kappa shape index (κ1) is 29.5. The maximum absolute atomic E-state index is 12.6. The van der Waals surface area contributed by atoms with Crippen molar-refractivity contribution in [2.24, 2.45) is 0 Å². The van der Waals surface area contributed by atoms with Crippen LogP contribution in [0.1, 0.15) is 39.0 Å². The number of aryl methyl sites for hydroxylation is 1. The lowest BCUT2D eigenvalue weighted by atomic mass is 10.0. The summed E-state index contributed by atoms with van der Waals surface area (Å²) in [5.74, 6) is -0.445. The normalized spacial score (nSPS) is 12.4. The Kier molecular flexibility index (Phi) is 11.1. The van der Waals surface area contributed by atoms with Crippen molar-refractivity contribution in [3.63, 3.8) is 0 Å². The van der Waals surface area contributed by atoms with Crippen LogP contribution < -0.4 is 10.2 Å². The number of anilines is 1. The van der Waals surface area contributed by atoms with Gasteiger partial charge in [-0.3, -0.25) is 9.59 Å². The van der Waals surface area contributed by atoms with Gasteiger partial charge in [-0.15, -0.1) is 11.3 Å². The summed E-state index contributed by atoms with van der Waals surface area (Å²) >= 11 is 7.56. The number of halogens is 1. The summed E-state index contributed by atoms with van der Waals surface area (Å²) in [6.45, 7) is 3.70. The molecular weight excluding hydrogens is 522 g/mol. The van der Waals surface area contributed by atoms with Crippen molar-refractivity contribution in [3.8, 4) is 0 Å². The predicted molar refractivity (Wildman–Crippen MR) is 153 cm³/mol. The van der Waals surface area contributed by atoms with Crippen molar-refractivity contribution < 1.29 is 19.8 Å². The third-order valence-corrected chi connectivity index (χ3v) is 7.44. The Balaban J connectivity index is 1.55. The highest BCUT2D eigenvalue weighted by atomic mass is 35.5. The number of hydrogen-bond donors (Lipinski definition) is 3. The molecular formula is C29H34ClN3O4S. The zero-order chi connectivity index (χ0) is 27.7. The molecule has 0 aliphatic heterocycles. The second kappa shape index (κ2) is 14.2. The van der Waals surface area contributed by atoms with E-state index in [9.17, 15) is 19.8 Å². The van der Waals surface area contributed by atoms with E-state index in [0.717, 1.165) is 32.1 Å². The minimum absolute atomic E-state index is 0.0136. The molecule has 2 aromatic carbocycles. The molecule has 0 spiro atoms. The molecule has 1 amide bonds. The Morgan fingerprint density at radius 2 is 1.76 bits per heavy atom. The highest BCUT2D eigenvalue weighted by Gasteiger charge is 2.15. The van der Waals surface area contributed by atoms with Gasteiger partial charge in [0.15, 0.2) is 6.29 Å². The monoisotopic (exact) mass is 555 g/mol. The number of hydrogen-bond acceptors (Lipinski definition) is 7. The smallest absolute Gasteiger partial charge is 0.256 e. The van der Waals surface area contributed by atoms with Gasteiger partial charge in [-0.2, -0.15) is 0 Å². The summed E-state index contributed by atoms with van der Waals surface area (Å²) in [4.78, 5) is 30.4. The Labute approximate surface area is 233 Å². The minimum atomic E-state index is -0.574. The van der Waals surface area contributed by atoms with Crippen LogP contribution in [0.4, 0.5) is 5.69 Å². The molecule has 38 heavy (non-hydrogen) atoms. The van der Waals surface area contributed by atoms with E-state index in [0.29, 0.717) is 37.4 Å². The van der Waals surface area contributed by atoms with Crippen LogP contribution in [-0.2, 0) is 29.3 Å². The molecule has 0 aliphatic carbocycles. The number of nitrogens with zero attached hydrogens (tertiary/aromatic N) is 2.